The highest BCUT2D eigenvalue weighted by atomic mass is 16.3. The maximum Gasteiger partial charge on any atom is 0.282 e. The van der Waals surface area contributed by atoms with Crippen molar-refractivity contribution in [3.8, 4) is 23.0 Å². The van der Waals surface area contributed by atoms with E-state index in [1.165, 1.54) is 18.8 Å². The average Bonchev–Trinajstić information content (AvgIpc) is 3.56. The van der Waals surface area contributed by atoms with Gasteiger partial charge in [-0.25, -0.2) is 0 Å². The second kappa shape index (κ2) is 11.1. The molecule has 2 aromatic carbocycles. The summed E-state index contributed by atoms with van der Waals surface area (Å²) in [6.45, 7) is 7.46. The summed E-state index contributed by atoms with van der Waals surface area (Å²) in [4.78, 5) is 40.0. The van der Waals surface area contributed by atoms with Crippen LogP contribution >= 0.6 is 0 Å². The Morgan fingerprint density at radius 3 is 1.98 bits per heavy atom. The van der Waals surface area contributed by atoms with Crippen LogP contribution in [0.2, 0.25) is 0 Å². The van der Waals surface area contributed by atoms with Gasteiger partial charge in [0.25, 0.3) is 17.0 Å². The highest BCUT2D eigenvalue weighted by molar-refractivity contribution is 6.08. The summed E-state index contributed by atoms with van der Waals surface area (Å²) in [6.07, 6.45) is 8.48. The van der Waals surface area contributed by atoms with Crippen LogP contribution in [0.25, 0.3) is 29.2 Å². The molecule has 0 atom stereocenters. The molecule has 0 aliphatic carbocycles. The van der Waals surface area contributed by atoms with Crippen molar-refractivity contribution in [1.82, 2.24) is 18.9 Å². The van der Waals surface area contributed by atoms with Crippen LogP contribution in [0, 0.1) is 27.7 Å². The van der Waals surface area contributed by atoms with Crippen molar-refractivity contribution in [2.75, 3.05) is 5.01 Å². The fourth-order valence-corrected chi connectivity index (χ4v) is 5.55. The van der Waals surface area contributed by atoms with Crippen molar-refractivity contribution < 1.29 is 9.90 Å². The highest BCUT2D eigenvalue weighted by Gasteiger charge is 2.29. The van der Waals surface area contributed by atoms with Gasteiger partial charge in [0.05, 0.1) is 22.5 Å². The smallest absolute Gasteiger partial charge is 0.282 e. The Hall–Kier alpha value is -5.77. The van der Waals surface area contributed by atoms with Gasteiger partial charge >= 0.3 is 0 Å². The summed E-state index contributed by atoms with van der Waals surface area (Å²) >= 11 is 0. The number of benzene rings is 2. The van der Waals surface area contributed by atoms with E-state index in [0.717, 1.165) is 11.1 Å². The molecule has 45 heavy (non-hydrogen) atoms. The van der Waals surface area contributed by atoms with Crippen LogP contribution in [0.15, 0.2) is 81.4 Å². The standard InChI is InChI=1S/C35H32N6O4/c1-20-12-16-24(17-13-20)40-34(44)28-22(3)26(32(42)38(5)30(28)36-40)10-8-7-9-11-27-23(4)29-31(39(6)33(27)43)37-41(35(29)45)25-18-14-21(2)15-19-25/h7-19,42H,1-6H3. The number of allylic oxidation sites excluding steroid dienone is 3. The Morgan fingerprint density at radius 2 is 1.33 bits per heavy atom. The number of fused-ring (bicyclic) bond motifs is 2. The molecule has 226 valence electrons. The van der Waals surface area contributed by atoms with Gasteiger partial charge in [-0.15, -0.1) is 10.2 Å². The molecule has 1 aromatic heterocycles. The molecule has 4 heterocycles. The molecular weight excluding hydrogens is 568 g/mol. The topological polar surface area (TPSA) is 115 Å². The third kappa shape index (κ3) is 4.80. The van der Waals surface area contributed by atoms with Crippen LogP contribution in [-0.2, 0) is 14.1 Å². The van der Waals surface area contributed by atoms with Crippen molar-refractivity contribution >= 4 is 23.7 Å². The Kier molecular flexibility index (Phi) is 7.20. The second-order valence-electron chi connectivity index (χ2n) is 11.2. The Balaban J connectivity index is 1.34. The Morgan fingerprint density at radius 1 is 0.711 bits per heavy atom. The van der Waals surface area contributed by atoms with E-state index in [1.807, 2.05) is 62.4 Å². The molecule has 3 aliphatic rings. The molecule has 1 amide bonds. The molecule has 10 nitrogen and oxygen atoms in total. The number of amides is 1. The van der Waals surface area contributed by atoms with Crippen LogP contribution < -0.4 is 26.8 Å². The first-order valence-corrected chi connectivity index (χ1v) is 14.4. The predicted octanol–water partition coefficient (Wildman–Crippen LogP) is 3.56. The number of rotatable bonds is 5. The van der Waals surface area contributed by atoms with Gasteiger partial charge in [0.2, 0.25) is 0 Å². The summed E-state index contributed by atoms with van der Waals surface area (Å²) in [5, 5.41) is 21.6. The van der Waals surface area contributed by atoms with Crippen molar-refractivity contribution in [2.24, 2.45) is 19.2 Å². The lowest BCUT2D eigenvalue weighted by Crippen LogP contribution is -2.44. The van der Waals surface area contributed by atoms with E-state index >= 15 is 0 Å². The van der Waals surface area contributed by atoms with E-state index in [-0.39, 0.29) is 22.9 Å². The van der Waals surface area contributed by atoms with Gasteiger partial charge in [-0.05, 0) is 75.2 Å². The van der Waals surface area contributed by atoms with Crippen LogP contribution in [-0.4, -0.2) is 29.9 Å². The molecule has 6 rings (SSSR count). The molecule has 0 spiro atoms. The van der Waals surface area contributed by atoms with E-state index in [2.05, 4.69) is 10.2 Å². The van der Waals surface area contributed by atoms with Crippen LogP contribution in [0.5, 0.6) is 5.88 Å². The molecule has 0 radical (unpaired) electrons. The molecule has 3 aromatic rings. The maximum atomic E-state index is 13.4. The second-order valence-corrected chi connectivity index (χ2v) is 11.2. The van der Waals surface area contributed by atoms with Crippen LogP contribution in [0.4, 0.5) is 5.69 Å². The van der Waals surface area contributed by atoms with Crippen molar-refractivity contribution in [3.05, 3.63) is 132 Å². The number of hydrogen-bond acceptors (Lipinski definition) is 6. The maximum absolute atomic E-state index is 13.4. The van der Waals surface area contributed by atoms with Gasteiger partial charge in [-0.3, -0.25) is 23.5 Å². The molecule has 0 bridgehead atoms. The number of aryl methyl sites for hydroxylation is 2. The highest BCUT2D eigenvalue weighted by Crippen LogP contribution is 2.32. The van der Waals surface area contributed by atoms with Gasteiger partial charge in [-0.1, -0.05) is 53.6 Å². The molecule has 3 aliphatic heterocycles. The lowest BCUT2D eigenvalue weighted by molar-refractivity contribution is 0.0994. The van der Waals surface area contributed by atoms with Crippen LogP contribution in [0.1, 0.15) is 38.2 Å². The minimum atomic E-state index is -0.293. The zero-order chi connectivity index (χ0) is 32.2. The molecule has 0 fully saturated rings. The summed E-state index contributed by atoms with van der Waals surface area (Å²) in [6, 6.07) is 14.9. The fourth-order valence-electron chi connectivity index (χ4n) is 5.55. The Labute approximate surface area is 258 Å². The molecular formula is C35H32N6O4. The minimum Gasteiger partial charge on any atom is -0.494 e. The van der Waals surface area contributed by atoms with E-state index in [0.29, 0.717) is 55.7 Å². The normalized spacial score (nSPS) is 13.5. The van der Waals surface area contributed by atoms with Gasteiger partial charge in [0.1, 0.15) is 0 Å². The van der Waals surface area contributed by atoms with E-state index in [9.17, 15) is 19.5 Å². The molecule has 1 N–H and O–H groups in total. The Bertz CT molecular complexity index is 2290. The van der Waals surface area contributed by atoms with Crippen molar-refractivity contribution in [1.29, 1.82) is 0 Å². The number of nitrogens with zero attached hydrogens (tertiary/aromatic N) is 6. The molecule has 10 heteroatoms. The number of anilines is 1. The van der Waals surface area contributed by atoms with Gasteiger partial charge in [0.15, 0.2) is 17.2 Å². The first-order chi connectivity index (χ1) is 21.5. The van der Waals surface area contributed by atoms with Crippen LogP contribution in [0.3, 0.4) is 0 Å². The average molecular weight is 601 g/mol. The number of hydrogen-bond donors (Lipinski definition) is 1. The molecule has 0 unspecified atom stereocenters. The fraction of sp³-hybridized carbons (Fsp3) is 0.171. The number of aromatic nitrogens is 4. The van der Waals surface area contributed by atoms with Crippen molar-refractivity contribution in [3.63, 3.8) is 0 Å². The number of aromatic hydroxyl groups is 1. The first kappa shape index (κ1) is 29.3. The lowest BCUT2D eigenvalue weighted by atomic mass is 10.0. The van der Waals surface area contributed by atoms with E-state index < -0.39 is 0 Å². The predicted molar refractivity (Wildman–Crippen MR) is 174 cm³/mol. The third-order valence-corrected chi connectivity index (χ3v) is 8.24. The monoisotopic (exact) mass is 600 g/mol. The van der Waals surface area contributed by atoms with Gasteiger partial charge in [0, 0.05) is 24.9 Å². The molecule has 0 saturated carbocycles. The number of carbonyl (C=O) groups is 1. The van der Waals surface area contributed by atoms with E-state index in [1.54, 1.807) is 58.3 Å². The third-order valence-electron chi connectivity index (χ3n) is 8.24. The van der Waals surface area contributed by atoms with Gasteiger partial charge in [-0.2, -0.15) is 9.69 Å². The minimum absolute atomic E-state index is 0.0362. The lowest BCUT2D eigenvalue weighted by Gasteiger charge is -2.13. The summed E-state index contributed by atoms with van der Waals surface area (Å²) in [5.74, 6) is 0.0470. The number of carbonyl (C=O) groups excluding carboxylic acids is 1. The SMILES string of the molecule is Cc1ccc(N2N=c3c(c(C)c(=CC=CC=Cc4c(C)c5c(=O)n(-c6ccc(C)cc6)nc-5n(C)c4O)c(=O)n3C)C2=O)cc1. The summed E-state index contributed by atoms with van der Waals surface area (Å²) in [7, 11) is 3.26. The van der Waals surface area contributed by atoms with Gasteiger partial charge < -0.3 is 5.11 Å². The summed E-state index contributed by atoms with van der Waals surface area (Å²) in [5.41, 5.74) is 5.59. The zero-order valence-corrected chi connectivity index (χ0v) is 25.9. The first-order valence-electron chi connectivity index (χ1n) is 14.4. The molecule has 0 saturated heterocycles. The quantitative estimate of drug-likeness (QED) is 0.310. The zero-order valence-electron chi connectivity index (χ0n) is 25.9. The van der Waals surface area contributed by atoms with Crippen molar-refractivity contribution in [2.45, 2.75) is 27.7 Å². The largest absolute Gasteiger partial charge is 0.494 e. The summed E-state index contributed by atoms with van der Waals surface area (Å²) < 4.78 is 4.22. The van der Waals surface area contributed by atoms with E-state index in [4.69, 9.17) is 0 Å². The number of pyridine rings is 2.